The Kier molecular flexibility index (Phi) is 4.76. The van der Waals surface area contributed by atoms with E-state index in [0.717, 1.165) is 17.1 Å². The van der Waals surface area contributed by atoms with Crippen molar-refractivity contribution in [2.45, 2.75) is 13.8 Å². The van der Waals surface area contributed by atoms with Crippen LogP contribution in [0.1, 0.15) is 18.4 Å². The second-order valence-corrected chi connectivity index (χ2v) is 5.34. The molecule has 3 rings (SSSR count). The van der Waals surface area contributed by atoms with Crippen molar-refractivity contribution in [3.05, 3.63) is 52.7 Å². The van der Waals surface area contributed by atoms with E-state index in [-0.39, 0.29) is 0 Å². The van der Waals surface area contributed by atoms with Crippen LogP contribution in [0.3, 0.4) is 0 Å². The van der Waals surface area contributed by atoms with Crippen molar-refractivity contribution in [1.29, 1.82) is 0 Å². The van der Waals surface area contributed by atoms with E-state index in [9.17, 15) is 0 Å². The molecule has 0 radical (unpaired) electrons. The molecule has 7 nitrogen and oxygen atoms in total. The fourth-order valence-corrected chi connectivity index (χ4v) is 2.30. The van der Waals surface area contributed by atoms with Crippen LogP contribution in [0.25, 0.3) is 11.4 Å². The monoisotopic (exact) mass is 343 g/mol. The summed E-state index contributed by atoms with van der Waals surface area (Å²) in [4.78, 5) is 0. The van der Waals surface area contributed by atoms with Crippen LogP contribution >= 0.6 is 12.2 Å². The van der Waals surface area contributed by atoms with E-state index in [1.54, 1.807) is 10.9 Å². The maximum absolute atomic E-state index is 5.44. The van der Waals surface area contributed by atoms with Gasteiger partial charge in [0.15, 0.2) is 5.82 Å². The number of H-pyrrole nitrogens is 1. The summed E-state index contributed by atoms with van der Waals surface area (Å²) in [6.07, 6.45) is 1.57. The molecule has 8 heteroatoms. The molecule has 1 aromatic carbocycles. The van der Waals surface area contributed by atoms with Crippen LogP contribution in [0.4, 0.5) is 0 Å². The van der Waals surface area contributed by atoms with Gasteiger partial charge in [-0.2, -0.15) is 14.9 Å². The summed E-state index contributed by atoms with van der Waals surface area (Å²) in [7, 11) is 0. The minimum atomic E-state index is 0.409. The molecule has 0 aliphatic heterocycles. The van der Waals surface area contributed by atoms with Crippen molar-refractivity contribution in [3.8, 4) is 17.1 Å². The summed E-state index contributed by atoms with van der Waals surface area (Å²) in [6, 6.07) is 11.3. The Morgan fingerprint density at radius 3 is 2.79 bits per heavy atom. The molecule has 0 atom stereocenters. The van der Waals surface area contributed by atoms with Crippen molar-refractivity contribution in [2.24, 2.45) is 5.10 Å². The number of ether oxygens (including phenoxy) is 1. The number of nitrogens with one attached hydrogen (secondary N) is 2. The van der Waals surface area contributed by atoms with Gasteiger partial charge in [0, 0.05) is 5.56 Å². The van der Waals surface area contributed by atoms with Gasteiger partial charge in [0.25, 0.3) is 0 Å². The van der Waals surface area contributed by atoms with Crippen molar-refractivity contribution < 1.29 is 9.15 Å². The van der Waals surface area contributed by atoms with Crippen LogP contribution in [-0.2, 0) is 0 Å². The normalized spacial score (nSPS) is 11.1. The van der Waals surface area contributed by atoms with E-state index in [1.807, 2.05) is 50.2 Å². The number of hydrogen-bond acceptors (Lipinski definition) is 6. The predicted molar refractivity (Wildman–Crippen MR) is 94.4 cm³/mol. The van der Waals surface area contributed by atoms with Gasteiger partial charge >= 0.3 is 0 Å². The maximum atomic E-state index is 5.44. The second kappa shape index (κ2) is 7.14. The van der Waals surface area contributed by atoms with Crippen LogP contribution in [0.5, 0.6) is 5.75 Å². The molecule has 0 aliphatic carbocycles. The van der Waals surface area contributed by atoms with Crippen LogP contribution in [0.2, 0.25) is 0 Å². The highest BCUT2D eigenvalue weighted by molar-refractivity contribution is 7.71. The van der Waals surface area contributed by atoms with E-state index >= 15 is 0 Å². The smallest absolute Gasteiger partial charge is 0.216 e. The summed E-state index contributed by atoms with van der Waals surface area (Å²) < 4.78 is 12.9. The lowest BCUT2D eigenvalue weighted by molar-refractivity contribution is 0.340. The highest BCUT2D eigenvalue weighted by Crippen LogP contribution is 2.20. The minimum Gasteiger partial charge on any atom is -0.494 e. The fourth-order valence-electron chi connectivity index (χ4n) is 2.12. The van der Waals surface area contributed by atoms with Crippen molar-refractivity contribution in [1.82, 2.24) is 14.9 Å². The number of rotatable bonds is 6. The van der Waals surface area contributed by atoms with Gasteiger partial charge in [-0.1, -0.05) is 0 Å². The van der Waals surface area contributed by atoms with Crippen molar-refractivity contribution >= 4 is 18.4 Å². The standard InChI is InChI=1S/C16H17N5O2S/c1-3-22-13-8-5-12(6-9-13)15-18-19-16(24)21(15)20-17-10-14-7-4-11(2)23-14/h4-10,20H,3H2,1-2H3,(H,19,24). The zero-order valence-corrected chi connectivity index (χ0v) is 14.1. The molecule has 124 valence electrons. The van der Waals surface area contributed by atoms with E-state index in [1.165, 1.54) is 0 Å². The van der Waals surface area contributed by atoms with Crippen LogP contribution in [0, 0.1) is 11.7 Å². The first kappa shape index (κ1) is 16.0. The Morgan fingerprint density at radius 2 is 2.12 bits per heavy atom. The molecule has 2 heterocycles. The van der Waals surface area contributed by atoms with Gasteiger partial charge < -0.3 is 9.15 Å². The van der Waals surface area contributed by atoms with Gasteiger partial charge in [-0.15, -0.1) is 0 Å². The van der Waals surface area contributed by atoms with Gasteiger partial charge in [0.05, 0.1) is 12.8 Å². The van der Waals surface area contributed by atoms with Gasteiger partial charge in [-0.05, 0) is 62.5 Å². The fraction of sp³-hybridized carbons (Fsp3) is 0.188. The molecule has 0 unspecified atom stereocenters. The van der Waals surface area contributed by atoms with Gasteiger partial charge in [-0.3, -0.25) is 0 Å². The molecule has 24 heavy (non-hydrogen) atoms. The lowest BCUT2D eigenvalue weighted by atomic mass is 10.2. The first-order chi connectivity index (χ1) is 11.7. The number of hydrazone groups is 1. The summed E-state index contributed by atoms with van der Waals surface area (Å²) in [5, 5.41) is 11.1. The Labute approximate surface area is 143 Å². The molecule has 0 fully saturated rings. The first-order valence-corrected chi connectivity index (χ1v) is 7.84. The average Bonchev–Trinajstić information content (AvgIpc) is 3.15. The highest BCUT2D eigenvalue weighted by Gasteiger charge is 2.08. The largest absolute Gasteiger partial charge is 0.494 e. The first-order valence-electron chi connectivity index (χ1n) is 7.43. The summed E-state index contributed by atoms with van der Waals surface area (Å²) >= 11 is 5.23. The van der Waals surface area contributed by atoms with E-state index < -0.39 is 0 Å². The molecule has 0 saturated heterocycles. The molecule has 2 aromatic heterocycles. The minimum absolute atomic E-state index is 0.409. The molecular weight excluding hydrogens is 326 g/mol. The number of nitrogens with zero attached hydrogens (tertiary/aromatic N) is 3. The maximum Gasteiger partial charge on any atom is 0.216 e. The number of aryl methyl sites for hydroxylation is 1. The van der Waals surface area contributed by atoms with Crippen molar-refractivity contribution in [3.63, 3.8) is 0 Å². The quantitative estimate of drug-likeness (QED) is 0.407. The Balaban J connectivity index is 1.80. The van der Waals surface area contributed by atoms with E-state index in [2.05, 4.69) is 20.8 Å². The Morgan fingerprint density at radius 1 is 1.33 bits per heavy atom. The molecule has 0 amide bonds. The number of benzene rings is 1. The zero-order chi connectivity index (χ0) is 16.9. The molecular formula is C16H17N5O2S. The summed E-state index contributed by atoms with van der Waals surface area (Å²) in [5.74, 6) is 2.90. The van der Waals surface area contributed by atoms with Crippen LogP contribution < -0.4 is 10.3 Å². The zero-order valence-electron chi connectivity index (χ0n) is 13.3. The average molecular weight is 343 g/mol. The number of aromatic amines is 1. The third-order valence-electron chi connectivity index (χ3n) is 3.21. The molecule has 0 aliphatic rings. The topological polar surface area (TPSA) is 80.4 Å². The third kappa shape index (κ3) is 3.54. The summed E-state index contributed by atoms with van der Waals surface area (Å²) in [5.41, 5.74) is 3.73. The van der Waals surface area contributed by atoms with Crippen molar-refractivity contribution in [2.75, 3.05) is 12.1 Å². The van der Waals surface area contributed by atoms with Crippen LogP contribution in [0.15, 0.2) is 45.9 Å². The van der Waals surface area contributed by atoms with Crippen LogP contribution in [-0.4, -0.2) is 27.7 Å². The van der Waals surface area contributed by atoms with E-state index in [0.29, 0.717) is 23.0 Å². The Hall–Kier alpha value is -2.87. The number of aromatic nitrogens is 3. The number of hydrogen-bond donors (Lipinski definition) is 2. The predicted octanol–water partition coefficient (Wildman–Crippen LogP) is 3.49. The molecule has 0 spiro atoms. The SMILES string of the molecule is CCOc1ccc(-c2n[nH]c(=S)n2NN=Cc2ccc(C)o2)cc1. The second-order valence-electron chi connectivity index (χ2n) is 4.95. The lowest BCUT2D eigenvalue weighted by Crippen LogP contribution is -2.10. The Bertz CT molecular complexity index is 892. The molecule has 3 aromatic rings. The lowest BCUT2D eigenvalue weighted by Gasteiger charge is -2.06. The third-order valence-corrected chi connectivity index (χ3v) is 3.48. The van der Waals surface area contributed by atoms with Gasteiger partial charge in [0.2, 0.25) is 4.77 Å². The number of furan rings is 1. The molecule has 0 saturated carbocycles. The molecule has 0 bridgehead atoms. The van der Waals surface area contributed by atoms with Gasteiger partial charge in [0.1, 0.15) is 17.3 Å². The molecule has 2 N–H and O–H groups in total. The van der Waals surface area contributed by atoms with E-state index in [4.69, 9.17) is 21.4 Å². The summed E-state index contributed by atoms with van der Waals surface area (Å²) in [6.45, 7) is 4.45. The van der Waals surface area contributed by atoms with Gasteiger partial charge in [-0.25, -0.2) is 10.6 Å². The highest BCUT2D eigenvalue weighted by atomic mass is 32.1.